The monoisotopic (exact) mass is 149 g/mol. The van der Waals surface area contributed by atoms with Gasteiger partial charge in [-0.1, -0.05) is 18.6 Å². The zero-order valence-electron chi connectivity index (χ0n) is 6.77. The summed E-state index contributed by atoms with van der Waals surface area (Å²) in [5.41, 5.74) is 0. The number of fused-ring (bicyclic) bond motifs is 1. The molecule has 11 heavy (non-hydrogen) atoms. The Labute approximate surface area is 68.3 Å². The molecule has 3 unspecified atom stereocenters. The number of hydrogen-bond donors (Lipinski definition) is 0. The van der Waals surface area contributed by atoms with Gasteiger partial charge in [0.15, 0.2) is 0 Å². The summed E-state index contributed by atoms with van der Waals surface area (Å²) in [6.45, 7) is 2.23. The Morgan fingerprint density at radius 1 is 1.45 bits per heavy atom. The van der Waals surface area contributed by atoms with Crippen LogP contribution in [0.25, 0.3) is 0 Å². The molecule has 1 aliphatic carbocycles. The lowest BCUT2D eigenvalue weighted by Crippen LogP contribution is -2.39. The van der Waals surface area contributed by atoms with Crippen LogP contribution in [0.1, 0.15) is 26.2 Å². The van der Waals surface area contributed by atoms with E-state index in [4.69, 9.17) is 7.98 Å². The average Bonchev–Trinajstić information content (AvgIpc) is 2.35. The van der Waals surface area contributed by atoms with Crippen LogP contribution in [0.2, 0.25) is 0 Å². The molecule has 2 aliphatic rings. The summed E-state index contributed by atoms with van der Waals surface area (Å²) >= 11 is 0. The molecule has 0 aromatic rings. The van der Waals surface area contributed by atoms with Crippen molar-refractivity contribution in [2.75, 3.05) is 0 Å². The molecule has 0 saturated heterocycles. The molecule has 1 heterocycles. The predicted octanol–water partition coefficient (Wildman–Crippen LogP) is 1.31. The smallest absolute Gasteiger partial charge is 0.259 e. The van der Waals surface area contributed by atoms with Gasteiger partial charge in [0, 0.05) is 0 Å². The largest absolute Gasteiger partial charge is 0.330 e. The lowest BCUT2D eigenvalue weighted by molar-refractivity contribution is 0.238. The Morgan fingerprint density at radius 2 is 2.27 bits per heavy atom. The fourth-order valence-corrected chi connectivity index (χ4v) is 2.03. The second kappa shape index (κ2) is 2.50. The minimum absolute atomic E-state index is 0.369. The Kier molecular flexibility index (Phi) is 1.62. The first-order valence-electron chi connectivity index (χ1n) is 4.24. The van der Waals surface area contributed by atoms with Crippen LogP contribution in [0, 0.1) is 5.92 Å². The zero-order chi connectivity index (χ0) is 7.84. The van der Waals surface area contributed by atoms with Gasteiger partial charge in [0.25, 0.3) is 7.98 Å². The van der Waals surface area contributed by atoms with Crippen molar-refractivity contribution in [1.29, 1.82) is 0 Å². The fourth-order valence-electron chi connectivity index (χ4n) is 2.03. The van der Waals surface area contributed by atoms with E-state index in [1.165, 1.54) is 17.8 Å². The highest BCUT2D eigenvalue weighted by Crippen LogP contribution is 2.33. The van der Waals surface area contributed by atoms with E-state index >= 15 is 0 Å². The van der Waals surface area contributed by atoms with Crippen LogP contribution in [0.15, 0.2) is 10.3 Å². The zero-order valence-corrected chi connectivity index (χ0v) is 6.77. The average molecular weight is 149 g/mol. The third kappa shape index (κ3) is 1.05. The predicted molar refractivity (Wildman–Crippen MR) is 43.0 cm³/mol. The van der Waals surface area contributed by atoms with E-state index in [9.17, 15) is 0 Å². The van der Waals surface area contributed by atoms with E-state index in [1.54, 1.807) is 0 Å². The van der Waals surface area contributed by atoms with Crippen molar-refractivity contribution in [2.45, 2.75) is 38.3 Å². The van der Waals surface area contributed by atoms with Gasteiger partial charge in [0.1, 0.15) is 0 Å². The molecule has 0 N–H and O–H groups in total. The van der Waals surface area contributed by atoms with Gasteiger partial charge in [-0.2, -0.15) is 5.11 Å². The first-order chi connectivity index (χ1) is 5.29. The Bertz CT molecular complexity index is 183. The molecule has 2 rings (SSSR count). The Balaban J connectivity index is 2.12. The SMILES string of the molecule is [B]N1N=NC2C(C)CCCC21. The maximum absolute atomic E-state index is 5.62. The molecule has 2 radical (unpaired) electrons. The van der Waals surface area contributed by atoms with Gasteiger partial charge in [-0.3, -0.25) is 0 Å². The van der Waals surface area contributed by atoms with Crippen molar-refractivity contribution in [2.24, 2.45) is 16.3 Å². The third-order valence-corrected chi connectivity index (χ3v) is 2.76. The molecule has 1 aliphatic heterocycles. The lowest BCUT2D eigenvalue weighted by atomic mass is 9.82. The summed E-state index contributed by atoms with van der Waals surface area (Å²) in [5.74, 6) is 0.658. The molecular weight excluding hydrogens is 137 g/mol. The molecule has 1 fully saturated rings. The Hall–Kier alpha value is -0.535. The number of rotatable bonds is 0. The second-order valence-electron chi connectivity index (χ2n) is 3.55. The Morgan fingerprint density at radius 3 is 3.00 bits per heavy atom. The summed E-state index contributed by atoms with van der Waals surface area (Å²) in [6, 6.07) is 0.757. The molecule has 0 bridgehead atoms. The molecule has 0 aromatic carbocycles. The maximum atomic E-state index is 5.62. The van der Waals surface area contributed by atoms with E-state index in [1.807, 2.05) is 0 Å². The summed E-state index contributed by atoms with van der Waals surface area (Å²) < 4.78 is 0. The topological polar surface area (TPSA) is 28.0 Å². The van der Waals surface area contributed by atoms with Gasteiger partial charge < -0.3 is 4.92 Å². The summed E-state index contributed by atoms with van der Waals surface area (Å²) in [5, 5.41) is 8.01. The van der Waals surface area contributed by atoms with Crippen LogP contribution in [0.5, 0.6) is 0 Å². The molecule has 1 saturated carbocycles. The van der Waals surface area contributed by atoms with Crippen molar-refractivity contribution >= 4 is 7.98 Å². The van der Waals surface area contributed by atoms with Gasteiger partial charge in [-0.05, 0) is 18.8 Å². The van der Waals surface area contributed by atoms with Crippen LogP contribution < -0.4 is 0 Å². The van der Waals surface area contributed by atoms with Gasteiger partial charge in [0.05, 0.1) is 12.1 Å². The molecule has 0 aromatic heterocycles. The van der Waals surface area contributed by atoms with Crippen LogP contribution in [-0.4, -0.2) is 25.0 Å². The van der Waals surface area contributed by atoms with Gasteiger partial charge >= 0.3 is 0 Å². The quantitative estimate of drug-likeness (QED) is 0.477. The molecule has 3 nitrogen and oxygen atoms in total. The first kappa shape index (κ1) is 7.13. The van der Waals surface area contributed by atoms with Gasteiger partial charge in [-0.25, -0.2) is 0 Å². The summed E-state index contributed by atoms with van der Waals surface area (Å²) in [7, 11) is 5.62. The van der Waals surface area contributed by atoms with Crippen molar-refractivity contribution in [1.82, 2.24) is 4.92 Å². The number of nitrogens with zero attached hydrogens (tertiary/aromatic N) is 3. The van der Waals surface area contributed by atoms with E-state index in [-0.39, 0.29) is 0 Å². The van der Waals surface area contributed by atoms with Crippen LogP contribution in [0.3, 0.4) is 0 Å². The normalized spacial score (nSPS) is 42.6. The fraction of sp³-hybridized carbons (Fsp3) is 1.00. The molecule has 0 spiro atoms. The highest BCUT2D eigenvalue weighted by molar-refractivity contribution is 6.04. The molecule has 4 heteroatoms. The van der Waals surface area contributed by atoms with Crippen LogP contribution in [0.4, 0.5) is 0 Å². The van der Waals surface area contributed by atoms with Crippen molar-refractivity contribution < 1.29 is 0 Å². The number of hydrogen-bond acceptors (Lipinski definition) is 3. The van der Waals surface area contributed by atoms with E-state index in [0.717, 1.165) is 6.42 Å². The van der Waals surface area contributed by atoms with Crippen molar-refractivity contribution in [3.63, 3.8) is 0 Å². The lowest BCUT2D eigenvalue weighted by Gasteiger charge is -2.31. The van der Waals surface area contributed by atoms with E-state index in [0.29, 0.717) is 18.0 Å². The summed E-state index contributed by atoms with van der Waals surface area (Å²) in [6.07, 6.45) is 3.69. The molecular formula is C7H12BN3. The standard InChI is InChI=1S/C7H12BN3/c1-5-3-2-4-6-7(5)9-10-11(6)8/h5-7H,2-4H2,1H3. The van der Waals surface area contributed by atoms with E-state index in [2.05, 4.69) is 17.3 Å². The van der Waals surface area contributed by atoms with Crippen LogP contribution >= 0.6 is 0 Å². The third-order valence-electron chi connectivity index (χ3n) is 2.76. The van der Waals surface area contributed by atoms with Crippen LogP contribution in [-0.2, 0) is 0 Å². The van der Waals surface area contributed by atoms with Gasteiger partial charge in [0.2, 0.25) is 0 Å². The van der Waals surface area contributed by atoms with E-state index < -0.39 is 0 Å². The molecule has 0 amide bonds. The molecule has 3 atom stereocenters. The highest BCUT2D eigenvalue weighted by Gasteiger charge is 2.36. The molecule has 58 valence electrons. The second-order valence-corrected chi connectivity index (χ2v) is 3.55. The van der Waals surface area contributed by atoms with Gasteiger partial charge in [-0.15, -0.1) is 0 Å². The van der Waals surface area contributed by atoms with Crippen molar-refractivity contribution in [3.8, 4) is 0 Å². The summed E-state index contributed by atoms with van der Waals surface area (Å²) in [4.78, 5) is 1.53. The highest BCUT2D eigenvalue weighted by atomic mass is 15.6. The minimum atomic E-state index is 0.369. The maximum Gasteiger partial charge on any atom is 0.259 e. The first-order valence-corrected chi connectivity index (χ1v) is 4.24. The van der Waals surface area contributed by atoms with Crippen molar-refractivity contribution in [3.05, 3.63) is 0 Å². The minimum Gasteiger partial charge on any atom is -0.330 e.